The van der Waals surface area contributed by atoms with E-state index in [0.717, 1.165) is 25.2 Å². The van der Waals surface area contributed by atoms with Gasteiger partial charge in [0, 0.05) is 19.6 Å². The second kappa shape index (κ2) is 4.94. The fourth-order valence-electron chi connectivity index (χ4n) is 1.76. The summed E-state index contributed by atoms with van der Waals surface area (Å²) in [5.41, 5.74) is 1.40. The van der Waals surface area contributed by atoms with Crippen molar-refractivity contribution in [3.8, 4) is 0 Å². The van der Waals surface area contributed by atoms with E-state index in [-0.39, 0.29) is 5.91 Å². The molecule has 0 radical (unpaired) electrons. The average Bonchev–Trinajstić information content (AvgIpc) is 2.82. The number of carbonyl (C=O) groups excluding carboxylic acids is 1. The summed E-state index contributed by atoms with van der Waals surface area (Å²) in [5, 5.41) is 9.19. The average molecular weight is 220 g/mol. The van der Waals surface area contributed by atoms with Crippen LogP contribution in [0.1, 0.15) is 16.9 Å². The van der Waals surface area contributed by atoms with Gasteiger partial charge in [-0.05, 0) is 25.1 Å². The molecule has 16 heavy (non-hydrogen) atoms. The zero-order valence-corrected chi connectivity index (χ0v) is 9.29. The van der Waals surface area contributed by atoms with Gasteiger partial charge in [-0.15, -0.1) is 0 Å². The molecule has 5 heteroatoms. The molecule has 1 aliphatic heterocycles. The summed E-state index contributed by atoms with van der Waals surface area (Å²) in [5.74, 6) is -0.158. The van der Waals surface area contributed by atoms with Gasteiger partial charge in [0.25, 0.3) is 5.91 Å². The third kappa shape index (κ3) is 2.49. The predicted octanol–water partition coefficient (Wildman–Crippen LogP) is 0.215. The van der Waals surface area contributed by atoms with E-state index in [1.54, 1.807) is 19.3 Å². The van der Waals surface area contributed by atoms with Crippen LogP contribution < -0.4 is 16.0 Å². The van der Waals surface area contributed by atoms with Gasteiger partial charge in [0.15, 0.2) is 0 Å². The molecular weight excluding hydrogens is 204 g/mol. The third-order valence-electron chi connectivity index (χ3n) is 2.65. The monoisotopic (exact) mass is 220 g/mol. The molecule has 0 saturated carbocycles. The van der Waals surface area contributed by atoms with Crippen LogP contribution in [0.5, 0.6) is 0 Å². The van der Waals surface area contributed by atoms with E-state index in [9.17, 15) is 4.79 Å². The smallest absolute Gasteiger partial charge is 0.269 e. The molecule has 5 nitrogen and oxygen atoms in total. The predicted molar refractivity (Wildman–Crippen MR) is 62.5 cm³/mol. The van der Waals surface area contributed by atoms with Crippen molar-refractivity contribution in [2.75, 3.05) is 25.5 Å². The molecule has 0 spiro atoms. The summed E-state index contributed by atoms with van der Waals surface area (Å²) >= 11 is 0. The SMILES string of the molecule is CNC(=O)c1ccc(NC2CCNC2)cn1. The van der Waals surface area contributed by atoms with Crippen LogP contribution in [0.25, 0.3) is 0 Å². The Morgan fingerprint density at radius 2 is 2.44 bits per heavy atom. The van der Waals surface area contributed by atoms with Crippen LogP contribution >= 0.6 is 0 Å². The van der Waals surface area contributed by atoms with E-state index < -0.39 is 0 Å². The quantitative estimate of drug-likeness (QED) is 0.681. The molecule has 1 atom stereocenters. The molecule has 1 saturated heterocycles. The molecule has 1 amide bonds. The van der Waals surface area contributed by atoms with Gasteiger partial charge >= 0.3 is 0 Å². The number of nitrogens with one attached hydrogen (secondary N) is 3. The van der Waals surface area contributed by atoms with Gasteiger partial charge in [0.05, 0.1) is 11.9 Å². The number of aromatic nitrogens is 1. The van der Waals surface area contributed by atoms with E-state index in [2.05, 4.69) is 20.9 Å². The lowest BCUT2D eigenvalue weighted by atomic mass is 10.2. The molecule has 1 aromatic heterocycles. The van der Waals surface area contributed by atoms with E-state index in [4.69, 9.17) is 0 Å². The number of hydrogen-bond acceptors (Lipinski definition) is 4. The summed E-state index contributed by atoms with van der Waals surface area (Å²) in [6.45, 7) is 2.04. The van der Waals surface area contributed by atoms with Crippen LogP contribution in [0.3, 0.4) is 0 Å². The van der Waals surface area contributed by atoms with Crippen LogP contribution in [0.2, 0.25) is 0 Å². The third-order valence-corrected chi connectivity index (χ3v) is 2.65. The lowest BCUT2D eigenvalue weighted by molar-refractivity contribution is 0.0958. The van der Waals surface area contributed by atoms with Crippen LogP contribution in [-0.2, 0) is 0 Å². The Bertz CT molecular complexity index is 357. The summed E-state index contributed by atoms with van der Waals surface area (Å²) < 4.78 is 0. The minimum Gasteiger partial charge on any atom is -0.380 e. The van der Waals surface area contributed by atoms with Crippen molar-refractivity contribution in [2.24, 2.45) is 0 Å². The highest BCUT2D eigenvalue weighted by atomic mass is 16.1. The Balaban J connectivity index is 1.98. The van der Waals surface area contributed by atoms with Gasteiger partial charge in [0.2, 0.25) is 0 Å². The Morgan fingerprint density at radius 1 is 1.56 bits per heavy atom. The van der Waals surface area contributed by atoms with Gasteiger partial charge in [-0.2, -0.15) is 0 Å². The Morgan fingerprint density at radius 3 is 3.00 bits per heavy atom. The molecule has 1 aromatic rings. The molecule has 2 heterocycles. The van der Waals surface area contributed by atoms with Crippen molar-refractivity contribution >= 4 is 11.6 Å². The highest BCUT2D eigenvalue weighted by Crippen LogP contribution is 2.10. The van der Waals surface area contributed by atoms with Crippen molar-refractivity contribution in [3.63, 3.8) is 0 Å². The lowest BCUT2D eigenvalue weighted by Crippen LogP contribution is -2.22. The van der Waals surface area contributed by atoms with Gasteiger partial charge < -0.3 is 16.0 Å². The van der Waals surface area contributed by atoms with Crippen LogP contribution in [0, 0.1) is 0 Å². The Hall–Kier alpha value is -1.62. The molecular formula is C11H16N4O. The number of pyridine rings is 1. The maximum atomic E-state index is 11.3. The second-order valence-electron chi connectivity index (χ2n) is 3.85. The summed E-state index contributed by atoms with van der Waals surface area (Å²) in [6, 6.07) is 4.08. The molecule has 1 unspecified atom stereocenters. The second-order valence-corrected chi connectivity index (χ2v) is 3.85. The van der Waals surface area contributed by atoms with Gasteiger partial charge in [-0.1, -0.05) is 0 Å². The summed E-state index contributed by atoms with van der Waals surface area (Å²) in [6.07, 6.45) is 2.82. The molecule has 86 valence electrons. The van der Waals surface area contributed by atoms with E-state index in [0.29, 0.717) is 11.7 Å². The van der Waals surface area contributed by atoms with Crippen LogP contribution in [-0.4, -0.2) is 37.1 Å². The van der Waals surface area contributed by atoms with Gasteiger partial charge in [-0.25, -0.2) is 4.98 Å². The fraction of sp³-hybridized carbons (Fsp3) is 0.455. The number of nitrogens with zero attached hydrogens (tertiary/aromatic N) is 1. The first-order valence-corrected chi connectivity index (χ1v) is 5.45. The maximum Gasteiger partial charge on any atom is 0.269 e. The minimum atomic E-state index is -0.158. The Labute approximate surface area is 94.6 Å². The molecule has 3 N–H and O–H groups in total. The van der Waals surface area contributed by atoms with E-state index >= 15 is 0 Å². The van der Waals surface area contributed by atoms with Crippen LogP contribution in [0.4, 0.5) is 5.69 Å². The van der Waals surface area contributed by atoms with Crippen molar-refractivity contribution in [3.05, 3.63) is 24.0 Å². The largest absolute Gasteiger partial charge is 0.380 e. The first-order chi connectivity index (χ1) is 7.79. The fourth-order valence-corrected chi connectivity index (χ4v) is 1.76. The zero-order chi connectivity index (χ0) is 11.4. The molecule has 1 aliphatic rings. The minimum absolute atomic E-state index is 0.158. The van der Waals surface area contributed by atoms with E-state index in [1.165, 1.54) is 0 Å². The highest BCUT2D eigenvalue weighted by Gasteiger charge is 2.14. The van der Waals surface area contributed by atoms with Gasteiger partial charge in [0.1, 0.15) is 5.69 Å². The maximum absolute atomic E-state index is 11.3. The first kappa shape index (κ1) is 10.9. The molecule has 1 fully saturated rings. The topological polar surface area (TPSA) is 66.1 Å². The van der Waals surface area contributed by atoms with Crippen molar-refractivity contribution < 1.29 is 4.79 Å². The standard InChI is InChI=1S/C11H16N4O/c1-12-11(16)10-3-2-8(7-14-10)15-9-4-5-13-6-9/h2-3,7,9,13,15H,4-6H2,1H3,(H,12,16). The normalized spacial score (nSPS) is 19.4. The van der Waals surface area contributed by atoms with Crippen molar-refractivity contribution in [2.45, 2.75) is 12.5 Å². The number of anilines is 1. The van der Waals surface area contributed by atoms with Crippen molar-refractivity contribution in [1.29, 1.82) is 0 Å². The summed E-state index contributed by atoms with van der Waals surface area (Å²) in [7, 11) is 1.60. The van der Waals surface area contributed by atoms with Gasteiger partial charge in [-0.3, -0.25) is 4.79 Å². The molecule has 0 aliphatic carbocycles. The first-order valence-electron chi connectivity index (χ1n) is 5.45. The van der Waals surface area contributed by atoms with E-state index in [1.807, 2.05) is 6.07 Å². The number of hydrogen-bond donors (Lipinski definition) is 3. The van der Waals surface area contributed by atoms with Crippen molar-refractivity contribution in [1.82, 2.24) is 15.6 Å². The molecule has 2 rings (SSSR count). The molecule has 0 aromatic carbocycles. The number of rotatable bonds is 3. The highest BCUT2D eigenvalue weighted by molar-refractivity contribution is 5.92. The molecule has 0 bridgehead atoms. The Kier molecular flexibility index (Phi) is 3.36. The zero-order valence-electron chi connectivity index (χ0n) is 9.29. The number of amides is 1. The summed E-state index contributed by atoms with van der Waals surface area (Å²) in [4.78, 5) is 15.4. The van der Waals surface area contributed by atoms with Crippen LogP contribution in [0.15, 0.2) is 18.3 Å². The lowest BCUT2D eigenvalue weighted by Gasteiger charge is -2.12. The number of carbonyl (C=O) groups is 1.